The Morgan fingerprint density at radius 3 is 2.91 bits per heavy atom. The van der Waals surface area contributed by atoms with Gasteiger partial charge in [-0.1, -0.05) is 24.3 Å². The summed E-state index contributed by atoms with van der Waals surface area (Å²) < 4.78 is 6.26. The van der Waals surface area contributed by atoms with Crippen LogP contribution in [0.5, 0.6) is 5.88 Å². The average Bonchev–Trinajstić information content (AvgIpc) is 2.81. The molecule has 0 radical (unpaired) electrons. The first-order chi connectivity index (χ1) is 11.1. The zero-order chi connectivity index (χ0) is 16.8. The molecule has 2 aromatic rings. The van der Waals surface area contributed by atoms with Gasteiger partial charge in [0, 0.05) is 6.54 Å². The molecule has 0 saturated heterocycles. The molecule has 7 heteroatoms. The molecule has 0 aliphatic carbocycles. The lowest BCUT2D eigenvalue weighted by molar-refractivity contribution is 0.0526. The number of nitrogens with zero attached hydrogens (tertiary/aromatic N) is 2. The van der Waals surface area contributed by atoms with Gasteiger partial charge in [-0.3, -0.25) is 14.4 Å². The van der Waals surface area contributed by atoms with E-state index in [1.165, 1.54) is 10.8 Å². The number of carbonyl (C=O) groups excluding carboxylic acids is 1. The highest BCUT2D eigenvalue weighted by Gasteiger charge is 2.11. The lowest BCUT2D eigenvalue weighted by Gasteiger charge is -2.02. The summed E-state index contributed by atoms with van der Waals surface area (Å²) in [5.41, 5.74) is 0.945. The molecule has 0 fully saturated rings. The van der Waals surface area contributed by atoms with Crippen molar-refractivity contribution in [1.29, 1.82) is 0 Å². The lowest BCUT2D eigenvalue weighted by Crippen LogP contribution is -2.11. The molecule has 0 spiro atoms. The van der Waals surface area contributed by atoms with Crippen molar-refractivity contribution in [3.05, 3.63) is 44.4 Å². The van der Waals surface area contributed by atoms with Crippen LogP contribution in [0.1, 0.15) is 35.5 Å². The fraction of sp³-hybridized carbons (Fsp3) is 0.312. The third-order valence-corrected chi connectivity index (χ3v) is 3.93. The Morgan fingerprint density at radius 1 is 1.43 bits per heavy atom. The minimum atomic E-state index is -0.411. The van der Waals surface area contributed by atoms with Crippen LogP contribution in [0.4, 0.5) is 5.69 Å². The SMILES string of the molecule is CCCn1c(O)c(C=Nc2cccc(C(=O)OCC)c2)sc1=O. The molecule has 1 heterocycles. The Labute approximate surface area is 137 Å². The van der Waals surface area contributed by atoms with Crippen LogP contribution in [0.15, 0.2) is 34.1 Å². The highest BCUT2D eigenvalue weighted by molar-refractivity contribution is 7.11. The zero-order valence-electron chi connectivity index (χ0n) is 13.0. The molecule has 0 amide bonds. The largest absolute Gasteiger partial charge is 0.493 e. The summed E-state index contributed by atoms with van der Waals surface area (Å²) in [6, 6.07) is 6.66. The van der Waals surface area contributed by atoms with Crippen LogP contribution < -0.4 is 4.87 Å². The number of benzene rings is 1. The quantitative estimate of drug-likeness (QED) is 0.650. The van der Waals surface area contributed by atoms with Crippen molar-refractivity contribution < 1.29 is 14.6 Å². The lowest BCUT2D eigenvalue weighted by atomic mass is 10.2. The summed E-state index contributed by atoms with van der Waals surface area (Å²) in [7, 11) is 0. The van der Waals surface area contributed by atoms with Crippen LogP contribution in [0.25, 0.3) is 0 Å². The van der Waals surface area contributed by atoms with E-state index in [1.54, 1.807) is 31.2 Å². The van der Waals surface area contributed by atoms with Crippen LogP contribution in [-0.2, 0) is 11.3 Å². The predicted octanol–water partition coefficient (Wildman–Crippen LogP) is 2.95. The van der Waals surface area contributed by atoms with Crippen LogP contribution in [0, 0.1) is 0 Å². The first kappa shape index (κ1) is 17.0. The third-order valence-electron chi connectivity index (χ3n) is 3.03. The van der Waals surface area contributed by atoms with Crippen molar-refractivity contribution in [2.45, 2.75) is 26.8 Å². The maximum absolute atomic E-state index is 11.8. The van der Waals surface area contributed by atoms with Gasteiger partial charge in [-0.25, -0.2) is 4.79 Å². The van der Waals surface area contributed by atoms with Crippen LogP contribution in [-0.4, -0.2) is 28.5 Å². The molecule has 1 N–H and O–H groups in total. The van der Waals surface area contributed by atoms with Gasteiger partial charge in [0.25, 0.3) is 0 Å². The monoisotopic (exact) mass is 334 g/mol. The molecule has 0 aliphatic heterocycles. The minimum Gasteiger partial charge on any atom is -0.493 e. The Morgan fingerprint density at radius 2 is 2.22 bits per heavy atom. The molecule has 0 bridgehead atoms. The van der Waals surface area contributed by atoms with E-state index >= 15 is 0 Å². The van der Waals surface area contributed by atoms with E-state index in [9.17, 15) is 14.7 Å². The Kier molecular flexibility index (Phi) is 5.70. The van der Waals surface area contributed by atoms with Crippen molar-refractivity contribution >= 4 is 29.2 Å². The summed E-state index contributed by atoms with van der Waals surface area (Å²) in [6.07, 6.45) is 2.18. The molecule has 2 rings (SSSR count). The Hall–Kier alpha value is -2.41. The van der Waals surface area contributed by atoms with Crippen molar-refractivity contribution in [2.75, 3.05) is 6.61 Å². The van der Waals surface area contributed by atoms with E-state index in [2.05, 4.69) is 4.99 Å². The normalized spacial score (nSPS) is 11.0. The number of carbonyl (C=O) groups is 1. The zero-order valence-corrected chi connectivity index (χ0v) is 13.8. The molecular weight excluding hydrogens is 316 g/mol. The molecule has 1 aromatic heterocycles. The van der Waals surface area contributed by atoms with E-state index in [4.69, 9.17) is 4.74 Å². The number of aliphatic imine (C=N–C) groups is 1. The fourth-order valence-corrected chi connectivity index (χ4v) is 2.76. The number of hydrogen-bond donors (Lipinski definition) is 1. The summed E-state index contributed by atoms with van der Waals surface area (Å²) >= 11 is 0.935. The second-order valence-corrected chi connectivity index (χ2v) is 5.73. The average molecular weight is 334 g/mol. The summed E-state index contributed by atoms with van der Waals surface area (Å²) in [5, 5.41) is 10.0. The Balaban J connectivity index is 2.24. The van der Waals surface area contributed by atoms with E-state index in [1.807, 2.05) is 6.92 Å². The van der Waals surface area contributed by atoms with E-state index < -0.39 is 5.97 Å². The number of esters is 1. The predicted molar refractivity (Wildman–Crippen MR) is 90.2 cm³/mol. The molecule has 1 aromatic carbocycles. The van der Waals surface area contributed by atoms with Crippen LogP contribution >= 0.6 is 11.3 Å². The highest BCUT2D eigenvalue weighted by atomic mass is 32.1. The second kappa shape index (κ2) is 7.73. The molecule has 0 saturated carbocycles. The highest BCUT2D eigenvalue weighted by Crippen LogP contribution is 2.20. The van der Waals surface area contributed by atoms with Crippen LogP contribution in [0.3, 0.4) is 0 Å². The maximum atomic E-state index is 11.8. The second-order valence-electron chi connectivity index (χ2n) is 4.74. The summed E-state index contributed by atoms with van der Waals surface area (Å²) in [4.78, 5) is 27.9. The number of thiazole rings is 1. The summed E-state index contributed by atoms with van der Waals surface area (Å²) in [6.45, 7) is 4.44. The Bertz CT molecular complexity index is 777. The number of rotatable bonds is 6. The van der Waals surface area contributed by atoms with Gasteiger partial charge in [0.15, 0.2) is 0 Å². The van der Waals surface area contributed by atoms with Crippen molar-refractivity contribution in [3.63, 3.8) is 0 Å². The number of ether oxygens (including phenoxy) is 1. The molecular formula is C16H18N2O4S. The van der Waals surface area contributed by atoms with Crippen LogP contribution in [0.2, 0.25) is 0 Å². The van der Waals surface area contributed by atoms with Gasteiger partial charge in [-0.15, -0.1) is 0 Å². The van der Waals surface area contributed by atoms with E-state index in [-0.39, 0.29) is 10.8 Å². The van der Waals surface area contributed by atoms with Crippen molar-refractivity contribution in [2.24, 2.45) is 4.99 Å². The van der Waals surface area contributed by atoms with Gasteiger partial charge in [0.05, 0.1) is 24.1 Å². The molecule has 0 unspecified atom stereocenters. The van der Waals surface area contributed by atoms with Gasteiger partial charge in [0.2, 0.25) is 5.88 Å². The van der Waals surface area contributed by atoms with Gasteiger partial charge >= 0.3 is 10.8 Å². The minimum absolute atomic E-state index is 0.0767. The van der Waals surface area contributed by atoms with Gasteiger partial charge in [-0.05, 0) is 31.5 Å². The van der Waals surface area contributed by atoms with Crippen molar-refractivity contribution in [1.82, 2.24) is 4.57 Å². The smallest absolute Gasteiger partial charge is 0.338 e. The number of aromatic hydroxyl groups is 1. The summed E-state index contributed by atoms with van der Waals surface area (Å²) in [5.74, 6) is -0.488. The van der Waals surface area contributed by atoms with Gasteiger partial charge in [0.1, 0.15) is 4.88 Å². The third kappa shape index (κ3) is 4.07. The first-order valence-corrected chi connectivity index (χ1v) is 8.12. The maximum Gasteiger partial charge on any atom is 0.338 e. The standard InChI is InChI=1S/C16H18N2O4S/c1-3-8-18-14(19)13(23-16(18)21)10-17-12-7-5-6-11(9-12)15(20)22-4-2/h5-7,9-10,19H,3-4,8H2,1-2H3. The number of aromatic nitrogens is 1. The molecule has 0 aliphatic rings. The molecule has 0 atom stereocenters. The fourth-order valence-electron chi connectivity index (χ4n) is 1.98. The molecule has 23 heavy (non-hydrogen) atoms. The van der Waals surface area contributed by atoms with Gasteiger partial charge in [-0.2, -0.15) is 0 Å². The van der Waals surface area contributed by atoms with E-state index in [0.717, 1.165) is 17.8 Å². The van der Waals surface area contributed by atoms with Crippen molar-refractivity contribution in [3.8, 4) is 5.88 Å². The molecule has 122 valence electrons. The number of hydrogen-bond acceptors (Lipinski definition) is 6. The van der Waals surface area contributed by atoms with E-state index in [0.29, 0.717) is 29.3 Å². The van der Waals surface area contributed by atoms with Gasteiger partial charge < -0.3 is 9.84 Å². The first-order valence-electron chi connectivity index (χ1n) is 7.30. The molecule has 6 nitrogen and oxygen atoms in total. The topological polar surface area (TPSA) is 80.9 Å².